The maximum atomic E-state index is 13.3. The summed E-state index contributed by atoms with van der Waals surface area (Å²) in [4.78, 5) is 31.7. The molecule has 10 nitrogen and oxygen atoms in total. The molecule has 1 aliphatic carbocycles. The molecule has 0 radical (unpaired) electrons. The Morgan fingerprint density at radius 1 is 1.19 bits per heavy atom. The summed E-state index contributed by atoms with van der Waals surface area (Å²) in [6, 6.07) is 7.26. The first-order valence-electron chi connectivity index (χ1n) is 12.4. The molecule has 6 rings (SSSR count). The van der Waals surface area contributed by atoms with E-state index in [1.807, 2.05) is 28.6 Å². The van der Waals surface area contributed by atoms with E-state index in [9.17, 15) is 9.59 Å². The molecule has 0 spiro atoms. The highest BCUT2D eigenvalue weighted by atomic mass is 16.5. The number of nitrogens with zero attached hydrogens (tertiary/aromatic N) is 4. The number of amides is 2. The Morgan fingerprint density at radius 3 is 2.69 bits per heavy atom. The number of fused-ring (bicyclic) bond motifs is 2. The molecular weight excluding hydrogens is 460 g/mol. The summed E-state index contributed by atoms with van der Waals surface area (Å²) in [7, 11) is 3.53. The number of aryl methyl sites for hydroxylation is 1. The van der Waals surface area contributed by atoms with E-state index in [0.29, 0.717) is 41.6 Å². The quantitative estimate of drug-likeness (QED) is 0.427. The average Bonchev–Trinajstić information content (AvgIpc) is 3.35. The fourth-order valence-electron chi connectivity index (χ4n) is 5.29. The standard InChI is InChI=1S/C26H30N6O4/c1-30-22-18(8-15(10-20(22)35-2)25(34)31-7-3-4-17(27)13-31)29-24(30)19-9-16-11-21(23(28)33)36-26(16)32(19)12-14-5-6-14/h8-11,14,17H,3-7,12-13,27H2,1-2H3,(H2,28,33)/t17-/m1/s1. The van der Waals surface area contributed by atoms with Crippen LogP contribution in [0.15, 0.2) is 28.7 Å². The number of nitrogens with two attached hydrogens (primary N) is 2. The molecule has 2 fully saturated rings. The van der Waals surface area contributed by atoms with Crippen LogP contribution in [0.25, 0.3) is 33.7 Å². The van der Waals surface area contributed by atoms with Gasteiger partial charge in [-0.2, -0.15) is 0 Å². The lowest BCUT2D eigenvalue weighted by Crippen LogP contribution is -2.45. The summed E-state index contributed by atoms with van der Waals surface area (Å²) in [5, 5.41) is 0.802. The minimum atomic E-state index is -0.593. The van der Waals surface area contributed by atoms with E-state index in [4.69, 9.17) is 25.6 Å². The van der Waals surface area contributed by atoms with E-state index in [0.717, 1.165) is 54.6 Å². The number of imidazole rings is 1. The second kappa shape index (κ2) is 8.41. The van der Waals surface area contributed by atoms with E-state index >= 15 is 0 Å². The lowest BCUT2D eigenvalue weighted by molar-refractivity contribution is 0.0708. The molecule has 0 unspecified atom stereocenters. The number of furan rings is 1. The fraction of sp³-hybridized carbons (Fsp3) is 0.423. The van der Waals surface area contributed by atoms with Crippen LogP contribution in [0, 0.1) is 5.92 Å². The first-order valence-corrected chi connectivity index (χ1v) is 12.4. The number of ether oxygens (including phenoxy) is 1. The molecule has 10 heteroatoms. The lowest BCUT2D eigenvalue weighted by Gasteiger charge is -2.30. The van der Waals surface area contributed by atoms with Crippen molar-refractivity contribution in [1.82, 2.24) is 19.0 Å². The van der Waals surface area contributed by atoms with Crippen LogP contribution in [0.1, 0.15) is 46.6 Å². The SMILES string of the molecule is COc1cc(C(=O)N2CCC[C@@H](N)C2)cc2nc(-c3cc4cc(C(N)=O)oc4n3CC3CC3)n(C)c12. The van der Waals surface area contributed by atoms with Gasteiger partial charge in [0.25, 0.3) is 11.8 Å². The average molecular weight is 491 g/mol. The molecule has 1 saturated heterocycles. The van der Waals surface area contributed by atoms with Crippen LogP contribution >= 0.6 is 0 Å². The highest BCUT2D eigenvalue weighted by molar-refractivity contribution is 6.00. The number of methoxy groups -OCH3 is 1. The number of benzene rings is 1. The van der Waals surface area contributed by atoms with Gasteiger partial charge in [-0.05, 0) is 55.9 Å². The predicted octanol–water partition coefficient (Wildman–Crippen LogP) is 2.87. The third-order valence-corrected chi connectivity index (χ3v) is 7.32. The summed E-state index contributed by atoms with van der Waals surface area (Å²) in [5.41, 5.74) is 15.0. The summed E-state index contributed by atoms with van der Waals surface area (Å²) in [6.07, 6.45) is 4.14. The number of carbonyl (C=O) groups excluding carboxylic acids is 2. The van der Waals surface area contributed by atoms with Crippen molar-refractivity contribution < 1.29 is 18.7 Å². The van der Waals surface area contributed by atoms with Gasteiger partial charge in [0.05, 0.1) is 18.3 Å². The number of rotatable bonds is 6. The molecule has 2 aliphatic rings. The summed E-state index contributed by atoms with van der Waals surface area (Å²) < 4.78 is 15.6. The van der Waals surface area contributed by atoms with Crippen molar-refractivity contribution in [3.63, 3.8) is 0 Å². The number of hydrogen-bond donors (Lipinski definition) is 2. The van der Waals surface area contributed by atoms with Crippen molar-refractivity contribution in [2.45, 2.75) is 38.3 Å². The van der Waals surface area contributed by atoms with E-state index in [1.54, 1.807) is 19.2 Å². The van der Waals surface area contributed by atoms with Crippen LogP contribution in [0.3, 0.4) is 0 Å². The second-order valence-electron chi connectivity index (χ2n) is 10.0. The van der Waals surface area contributed by atoms with Crippen molar-refractivity contribution in [2.24, 2.45) is 24.4 Å². The van der Waals surface area contributed by atoms with Crippen LogP contribution in [0.5, 0.6) is 5.75 Å². The van der Waals surface area contributed by atoms with Gasteiger partial charge >= 0.3 is 0 Å². The number of carbonyl (C=O) groups is 2. The Kier molecular flexibility index (Phi) is 5.29. The monoisotopic (exact) mass is 490 g/mol. The van der Waals surface area contributed by atoms with Gasteiger partial charge in [0.15, 0.2) is 11.6 Å². The largest absolute Gasteiger partial charge is 0.494 e. The predicted molar refractivity (Wildman–Crippen MR) is 135 cm³/mol. The van der Waals surface area contributed by atoms with Gasteiger partial charge in [0, 0.05) is 43.7 Å². The van der Waals surface area contributed by atoms with E-state index in [-0.39, 0.29) is 17.7 Å². The molecule has 3 aromatic heterocycles. The van der Waals surface area contributed by atoms with E-state index in [2.05, 4.69) is 4.57 Å². The minimum absolute atomic E-state index is 0.00216. The third-order valence-electron chi connectivity index (χ3n) is 7.32. The van der Waals surface area contributed by atoms with Crippen molar-refractivity contribution in [3.8, 4) is 17.3 Å². The number of likely N-dealkylation sites (tertiary alicyclic amines) is 1. The zero-order valence-corrected chi connectivity index (χ0v) is 20.5. The molecule has 36 heavy (non-hydrogen) atoms. The van der Waals surface area contributed by atoms with Crippen molar-refractivity contribution in [2.75, 3.05) is 20.2 Å². The maximum Gasteiger partial charge on any atom is 0.284 e. The molecule has 188 valence electrons. The molecule has 4 heterocycles. The molecule has 0 bridgehead atoms. The van der Waals surface area contributed by atoms with Gasteiger partial charge in [-0.15, -0.1) is 0 Å². The minimum Gasteiger partial charge on any atom is -0.494 e. The lowest BCUT2D eigenvalue weighted by atomic mass is 10.0. The summed E-state index contributed by atoms with van der Waals surface area (Å²) in [5.74, 6) is 1.35. The Balaban J connectivity index is 1.47. The molecular formula is C26H30N6O4. The normalized spacial score (nSPS) is 18.3. The number of hydrogen-bond acceptors (Lipinski definition) is 6. The first-order chi connectivity index (χ1) is 17.3. The van der Waals surface area contributed by atoms with Gasteiger partial charge in [-0.3, -0.25) is 9.59 Å². The highest BCUT2D eigenvalue weighted by Gasteiger charge is 2.29. The van der Waals surface area contributed by atoms with Gasteiger partial charge in [-0.1, -0.05) is 0 Å². The van der Waals surface area contributed by atoms with Crippen LogP contribution in [0.2, 0.25) is 0 Å². The number of aromatic nitrogens is 3. The smallest absolute Gasteiger partial charge is 0.284 e. The summed E-state index contributed by atoms with van der Waals surface area (Å²) >= 11 is 0. The molecule has 4 aromatic rings. The first kappa shape index (κ1) is 22.7. The fourth-order valence-corrected chi connectivity index (χ4v) is 5.29. The molecule has 1 atom stereocenters. The zero-order chi connectivity index (χ0) is 25.1. The van der Waals surface area contributed by atoms with Gasteiger partial charge < -0.3 is 34.7 Å². The molecule has 1 aromatic carbocycles. The topological polar surface area (TPSA) is 135 Å². The third kappa shape index (κ3) is 3.72. The Bertz CT molecular complexity index is 1510. The van der Waals surface area contributed by atoms with Crippen molar-refractivity contribution in [3.05, 3.63) is 35.6 Å². The molecule has 2 amide bonds. The van der Waals surface area contributed by atoms with Crippen LogP contribution in [0.4, 0.5) is 0 Å². The Hall–Kier alpha value is -3.79. The molecule has 1 aliphatic heterocycles. The Labute approximate surface area is 207 Å². The zero-order valence-electron chi connectivity index (χ0n) is 20.5. The van der Waals surface area contributed by atoms with Crippen LogP contribution in [-0.4, -0.2) is 57.1 Å². The van der Waals surface area contributed by atoms with Crippen LogP contribution in [-0.2, 0) is 13.6 Å². The van der Waals surface area contributed by atoms with Crippen molar-refractivity contribution >= 4 is 33.9 Å². The summed E-state index contributed by atoms with van der Waals surface area (Å²) in [6.45, 7) is 2.01. The number of piperidine rings is 1. The second-order valence-corrected chi connectivity index (χ2v) is 10.0. The number of primary amides is 1. The highest BCUT2D eigenvalue weighted by Crippen LogP contribution is 2.38. The van der Waals surface area contributed by atoms with E-state index in [1.165, 1.54) is 0 Å². The van der Waals surface area contributed by atoms with E-state index < -0.39 is 5.91 Å². The molecule has 1 saturated carbocycles. The van der Waals surface area contributed by atoms with Gasteiger partial charge in [0.1, 0.15) is 11.3 Å². The maximum absolute atomic E-state index is 13.3. The Morgan fingerprint density at radius 2 is 2.00 bits per heavy atom. The van der Waals surface area contributed by atoms with Gasteiger partial charge in [0.2, 0.25) is 5.71 Å². The van der Waals surface area contributed by atoms with Gasteiger partial charge in [-0.25, -0.2) is 4.98 Å². The molecule has 4 N–H and O–H groups in total. The van der Waals surface area contributed by atoms with Crippen molar-refractivity contribution in [1.29, 1.82) is 0 Å². The van der Waals surface area contributed by atoms with Crippen LogP contribution < -0.4 is 16.2 Å².